The number of unbranched alkanes of at least 4 members (excludes halogenated alkanes) is 6. The van der Waals surface area contributed by atoms with E-state index < -0.39 is 77.0 Å². The quantitative estimate of drug-likeness (QED) is 0.0463. The number of nitrogens with zero attached hydrogens (tertiary/aromatic N) is 4. The number of phosphoric ester groups is 2. The van der Waals surface area contributed by atoms with E-state index in [1.165, 1.54) is 152 Å². The molecule has 23 heteroatoms. The van der Waals surface area contributed by atoms with Crippen LogP contribution in [0.15, 0.2) is 22.0 Å². The number of aromatic nitrogens is 4. The lowest BCUT2D eigenvalue weighted by atomic mass is 10.2. The summed E-state index contributed by atoms with van der Waals surface area (Å²) in [5.74, 6) is 0. The third-order valence-electron chi connectivity index (χ3n) is 11.2. The van der Waals surface area contributed by atoms with Gasteiger partial charge in [0.05, 0.1) is 13.2 Å². The van der Waals surface area contributed by atoms with Gasteiger partial charge < -0.3 is 29.1 Å². The molecule has 4 N–H and O–H groups in total. The molecule has 0 aromatic carbocycles. The van der Waals surface area contributed by atoms with E-state index in [9.17, 15) is 37.3 Å². The van der Waals surface area contributed by atoms with E-state index in [1.54, 1.807) is 0 Å². The second-order valence-corrected chi connectivity index (χ2v) is 21.0. The van der Waals surface area contributed by atoms with E-state index in [2.05, 4.69) is 74.7 Å². The molecular formula is C44H80F2N6O11P2S2. The van der Waals surface area contributed by atoms with E-state index in [0.29, 0.717) is 0 Å². The third kappa shape index (κ3) is 22.8. The highest BCUT2D eigenvalue weighted by Crippen LogP contribution is 2.61. The summed E-state index contributed by atoms with van der Waals surface area (Å²) in [7, 11) is -10.6. The lowest BCUT2D eigenvalue weighted by Crippen LogP contribution is -2.27. The van der Waals surface area contributed by atoms with Gasteiger partial charge in [0.25, 0.3) is 11.1 Å². The lowest BCUT2D eigenvalue weighted by Gasteiger charge is -2.21. The van der Waals surface area contributed by atoms with E-state index >= 15 is 0 Å². The first-order chi connectivity index (χ1) is 31.7. The number of aromatic amines is 2. The standard InChI is InChI=1S/C20H26F2N4O11P2S2.2C12H27N/c1-9-5-25(19(40)23-17(9)27)15-3-11(21)13(35-15)7-33-38(29,30)37-39(31,32)34-8-14-12(22)4-16(36-14)26-6-10(2)18(28)24-20(26)41;2*1-4-7-10-13(11-8-5-2)12-9-6-3/h5-6,11-16H,3-4,7-8H2,1-2H3,(H,29,30)(H,31,32)(H,23,27,40)(H,24,28,41);2*4-12H2,1-3H3/t11-,12-,13+,14+,15+,16+;;/m0../s1. The summed E-state index contributed by atoms with van der Waals surface area (Å²) in [4.78, 5) is 53.3. The Morgan fingerprint density at radius 1 is 0.627 bits per heavy atom. The highest BCUT2D eigenvalue weighted by atomic mass is 32.1. The van der Waals surface area contributed by atoms with Gasteiger partial charge in [-0.1, -0.05) is 80.1 Å². The minimum absolute atomic E-state index is 0.0287. The zero-order chi connectivity index (χ0) is 50.2. The smallest absolute Gasteiger partial charge is 0.349 e. The SMILES string of the molecule is CCCCN(CCCC)CCCC.CCCCN(CCCC)CCCC.Cc1cn([C@H]2C[C@H](F)[C@@H](COP(=O)(O)OP(=O)(O)OC[C@H]3O[C@@H](n4cc(C)c(=O)[nH]c4=S)C[C@@H]3F)O2)c(=S)[nH]c1=O. The normalized spacial score (nSPS) is 22.2. The van der Waals surface area contributed by atoms with Crippen LogP contribution in [0.25, 0.3) is 0 Å². The molecule has 8 atom stereocenters. The Labute approximate surface area is 406 Å². The average molecular weight is 1030 g/mol. The maximum atomic E-state index is 14.6. The largest absolute Gasteiger partial charge is 0.481 e. The molecule has 2 aliphatic rings. The van der Waals surface area contributed by atoms with Crippen molar-refractivity contribution in [2.24, 2.45) is 0 Å². The second-order valence-electron chi connectivity index (χ2n) is 17.1. The molecule has 2 unspecified atom stereocenters. The second kappa shape index (κ2) is 32.2. The molecule has 2 aromatic heterocycles. The number of rotatable bonds is 28. The average Bonchev–Trinajstić information content (AvgIpc) is 3.84. The Kier molecular flexibility index (Phi) is 29.4. The number of nitrogens with one attached hydrogen (secondary N) is 2. The van der Waals surface area contributed by atoms with Crippen LogP contribution < -0.4 is 11.1 Å². The molecule has 17 nitrogen and oxygen atoms in total. The minimum atomic E-state index is -5.31. The molecule has 2 aromatic rings. The molecule has 2 fully saturated rings. The highest BCUT2D eigenvalue weighted by Gasteiger charge is 2.43. The number of halogens is 2. The molecule has 0 saturated carbocycles. The number of ether oxygens (including phenoxy) is 2. The van der Waals surface area contributed by atoms with E-state index in [1.807, 2.05) is 0 Å². The van der Waals surface area contributed by atoms with Gasteiger partial charge >= 0.3 is 15.6 Å². The van der Waals surface area contributed by atoms with Crippen molar-refractivity contribution < 1.29 is 50.5 Å². The van der Waals surface area contributed by atoms with Crippen molar-refractivity contribution in [1.82, 2.24) is 28.9 Å². The van der Waals surface area contributed by atoms with E-state index in [-0.39, 0.29) is 33.5 Å². The van der Waals surface area contributed by atoms with Gasteiger partial charge in [-0.2, -0.15) is 4.31 Å². The molecule has 0 aliphatic carbocycles. The van der Waals surface area contributed by atoms with Crippen molar-refractivity contribution in [3.8, 4) is 0 Å². The van der Waals surface area contributed by atoms with Gasteiger partial charge in [0.1, 0.15) is 37.0 Å². The van der Waals surface area contributed by atoms with Crippen molar-refractivity contribution >= 4 is 40.1 Å². The fraction of sp³-hybridized carbons (Fsp3) is 0.818. The summed E-state index contributed by atoms with van der Waals surface area (Å²) >= 11 is 10.1. The fourth-order valence-corrected chi connectivity index (χ4v) is 9.71. The van der Waals surface area contributed by atoms with Crippen LogP contribution in [0.1, 0.15) is 155 Å². The van der Waals surface area contributed by atoms with Crippen LogP contribution in [0.4, 0.5) is 8.78 Å². The number of hydrogen-bond donors (Lipinski definition) is 4. The van der Waals surface area contributed by atoms with Gasteiger partial charge in [-0.05, 0) is 116 Å². The van der Waals surface area contributed by atoms with Gasteiger partial charge in [0, 0.05) is 36.4 Å². The van der Waals surface area contributed by atoms with Crippen molar-refractivity contribution in [3.63, 3.8) is 0 Å². The molecule has 2 saturated heterocycles. The Morgan fingerprint density at radius 2 is 0.910 bits per heavy atom. The molecule has 0 radical (unpaired) electrons. The molecule has 67 heavy (non-hydrogen) atoms. The predicted molar refractivity (Wildman–Crippen MR) is 263 cm³/mol. The van der Waals surface area contributed by atoms with Crippen LogP contribution in [-0.4, -0.2) is 116 Å². The van der Waals surface area contributed by atoms with Gasteiger partial charge in [-0.3, -0.25) is 37.7 Å². The maximum Gasteiger partial charge on any atom is 0.481 e. The van der Waals surface area contributed by atoms with E-state index in [4.69, 9.17) is 33.9 Å². The summed E-state index contributed by atoms with van der Waals surface area (Å²) < 4.78 is 80.8. The number of hydrogen-bond acceptors (Lipinski definition) is 13. The molecular weight excluding hydrogens is 953 g/mol. The topological polar surface area (TPSA) is 203 Å². The first-order valence-electron chi connectivity index (χ1n) is 24.1. The lowest BCUT2D eigenvalue weighted by molar-refractivity contribution is -0.0382. The summed E-state index contributed by atoms with van der Waals surface area (Å²) in [6, 6.07) is 0. The van der Waals surface area contributed by atoms with Crippen molar-refractivity contribution in [1.29, 1.82) is 0 Å². The number of aryl methyl sites for hydroxylation is 2. The van der Waals surface area contributed by atoms with Crippen LogP contribution in [0.2, 0.25) is 0 Å². The van der Waals surface area contributed by atoms with Crippen LogP contribution in [0.3, 0.4) is 0 Å². The van der Waals surface area contributed by atoms with Crippen LogP contribution in [0, 0.1) is 23.4 Å². The Balaban J connectivity index is 0.000000484. The van der Waals surface area contributed by atoms with Crippen LogP contribution >= 0.6 is 40.1 Å². The van der Waals surface area contributed by atoms with E-state index in [0.717, 1.165) is 0 Å². The van der Waals surface area contributed by atoms with Crippen LogP contribution in [0.5, 0.6) is 0 Å². The molecule has 0 bridgehead atoms. The summed E-state index contributed by atoms with van der Waals surface area (Å²) in [5, 5.41) is 0. The number of alkyl halides is 2. The molecule has 4 rings (SSSR count). The predicted octanol–water partition coefficient (Wildman–Crippen LogP) is 10.3. The van der Waals surface area contributed by atoms with Crippen molar-refractivity contribution in [2.45, 2.75) is 182 Å². The van der Waals surface area contributed by atoms with Gasteiger partial charge in [-0.15, -0.1) is 0 Å². The molecule has 0 spiro atoms. The highest BCUT2D eigenvalue weighted by molar-refractivity contribution is 7.71. The molecule has 4 heterocycles. The van der Waals surface area contributed by atoms with Crippen molar-refractivity contribution in [2.75, 3.05) is 52.5 Å². The van der Waals surface area contributed by atoms with Gasteiger partial charge in [0.15, 0.2) is 9.54 Å². The fourth-order valence-electron chi connectivity index (χ4n) is 7.09. The molecule has 388 valence electrons. The Bertz CT molecular complexity index is 1880. The molecule has 2 aliphatic heterocycles. The number of H-pyrrole nitrogens is 2. The Hall–Kier alpha value is -1.84. The van der Waals surface area contributed by atoms with Gasteiger partial charge in [0.2, 0.25) is 0 Å². The zero-order valence-corrected chi connectivity index (χ0v) is 44.4. The Morgan fingerprint density at radius 3 is 1.18 bits per heavy atom. The summed E-state index contributed by atoms with van der Waals surface area (Å²) in [6.45, 7) is 22.8. The number of phosphoric acid groups is 2. The first kappa shape index (κ1) is 61.3. The van der Waals surface area contributed by atoms with Crippen molar-refractivity contribution in [3.05, 3.63) is 53.8 Å². The summed E-state index contributed by atoms with van der Waals surface area (Å²) in [6.07, 6.45) is 10.3. The maximum absolute atomic E-state index is 14.6. The summed E-state index contributed by atoms with van der Waals surface area (Å²) in [5.41, 5.74) is -0.274. The third-order valence-corrected chi connectivity index (χ3v) is 14.4. The monoisotopic (exact) mass is 1030 g/mol. The molecule has 0 amide bonds. The first-order valence-corrected chi connectivity index (χ1v) is 27.9. The van der Waals surface area contributed by atoms with Crippen LogP contribution in [-0.2, 0) is 32.0 Å². The van der Waals surface area contributed by atoms with Gasteiger partial charge in [-0.25, -0.2) is 17.9 Å². The minimum Gasteiger partial charge on any atom is -0.349 e. The zero-order valence-electron chi connectivity index (χ0n) is 41.0.